The summed E-state index contributed by atoms with van der Waals surface area (Å²) in [5.74, 6) is 3.96. The van der Waals surface area contributed by atoms with E-state index in [0.29, 0.717) is 0 Å². The molecule has 0 aromatic heterocycles. The molecule has 1 aromatic rings. The molecule has 1 aliphatic heterocycles. The van der Waals surface area contributed by atoms with Crippen molar-refractivity contribution in [2.75, 3.05) is 18.0 Å². The van der Waals surface area contributed by atoms with Crippen LogP contribution >= 0.6 is 12.4 Å². The van der Waals surface area contributed by atoms with Crippen LogP contribution in [0.15, 0.2) is 24.3 Å². The maximum atomic E-state index is 6.61. The first-order valence-corrected chi connectivity index (χ1v) is 9.32. The molecule has 0 unspecified atom stereocenters. The first-order chi connectivity index (χ1) is 10.8. The molecule has 0 amide bonds. The second kappa shape index (κ2) is 5.88. The molecule has 1 saturated heterocycles. The van der Waals surface area contributed by atoms with Crippen LogP contribution in [-0.2, 0) is 0 Å². The standard InChI is InChI=1S/C20H27NO.ClH/c1-2-8-21(7-1)18-3-5-19(6-4-18)22-20-12-15-9-16(13-20)11-17(10-15)14-20;/h3-6,15-17H,1-2,7-14H2;1H. The van der Waals surface area contributed by atoms with Crippen molar-refractivity contribution in [1.29, 1.82) is 0 Å². The summed E-state index contributed by atoms with van der Waals surface area (Å²) in [5, 5.41) is 0. The Morgan fingerprint density at radius 2 is 1.35 bits per heavy atom. The predicted molar refractivity (Wildman–Crippen MR) is 96.7 cm³/mol. The van der Waals surface area contributed by atoms with E-state index in [0.717, 1.165) is 23.5 Å². The lowest BCUT2D eigenvalue weighted by Crippen LogP contribution is -2.53. The molecule has 1 heterocycles. The number of hydrogen-bond acceptors (Lipinski definition) is 2. The van der Waals surface area contributed by atoms with Gasteiger partial charge in [0.05, 0.1) is 0 Å². The number of anilines is 1. The second-order valence-electron chi connectivity index (χ2n) is 8.39. The molecule has 2 nitrogen and oxygen atoms in total. The Balaban J connectivity index is 0.00000135. The molecule has 5 fully saturated rings. The van der Waals surface area contributed by atoms with Gasteiger partial charge in [0.25, 0.3) is 0 Å². The molecule has 23 heavy (non-hydrogen) atoms. The zero-order valence-electron chi connectivity index (χ0n) is 13.9. The van der Waals surface area contributed by atoms with Crippen LogP contribution in [0.5, 0.6) is 5.75 Å². The highest BCUT2D eigenvalue weighted by Crippen LogP contribution is 2.57. The van der Waals surface area contributed by atoms with Crippen molar-refractivity contribution in [2.24, 2.45) is 17.8 Å². The number of benzene rings is 1. The topological polar surface area (TPSA) is 12.5 Å². The third-order valence-corrected chi connectivity index (χ3v) is 6.62. The van der Waals surface area contributed by atoms with E-state index in [-0.39, 0.29) is 18.0 Å². The fraction of sp³-hybridized carbons (Fsp3) is 0.700. The Bertz CT molecular complexity index is 514. The quantitative estimate of drug-likeness (QED) is 0.767. The van der Waals surface area contributed by atoms with Gasteiger partial charge in [-0.3, -0.25) is 0 Å². The van der Waals surface area contributed by atoms with Crippen molar-refractivity contribution in [2.45, 2.75) is 57.0 Å². The third-order valence-electron chi connectivity index (χ3n) is 6.62. The van der Waals surface area contributed by atoms with Gasteiger partial charge in [0, 0.05) is 18.8 Å². The van der Waals surface area contributed by atoms with Crippen molar-refractivity contribution in [3.05, 3.63) is 24.3 Å². The van der Waals surface area contributed by atoms with Gasteiger partial charge < -0.3 is 9.64 Å². The smallest absolute Gasteiger partial charge is 0.120 e. The van der Waals surface area contributed by atoms with Crippen LogP contribution in [0.4, 0.5) is 5.69 Å². The van der Waals surface area contributed by atoms with Crippen LogP contribution in [0.1, 0.15) is 51.4 Å². The summed E-state index contributed by atoms with van der Waals surface area (Å²) in [6.07, 6.45) is 11.1. The molecule has 6 rings (SSSR count). The van der Waals surface area contributed by atoms with Gasteiger partial charge in [0.2, 0.25) is 0 Å². The van der Waals surface area contributed by atoms with Crippen molar-refractivity contribution in [3.8, 4) is 5.75 Å². The van der Waals surface area contributed by atoms with Gasteiger partial charge >= 0.3 is 0 Å². The predicted octanol–water partition coefficient (Wildman–Crippen LogP) is 5.06. The van der Waals surface area contributed by atoms with Crippen LogP contribution in [-0.4, -0.2) is 18.7 Å². The van der Waals surface area contributed by atoms with Gasteiger partial charge in [-0.2, -0.15) is 0 Å². The molecule has 0 atom stereocenters. The molecular weight excluding hydrogens is 306 g/mol. The van der Waals surface area contributed by atoms with Crippen molar-refractivity contribution in [1.82, 2.24) is 0 Å². The monoisotopic (exact) mass is 333 g/mol. The Kier molecular flexibility index (Phi) is 3.99. The Morgan fingerprint density at radius 1 is 0.826 bits per heavy atom. The maximum absolute atomic E-state index is 6.61. The Labute approximate surface area is 146 Å². The number of hydrogen-bond donors (Lipinski definition) is 0. The number of halogens is 1. The summed E-state index contributed by atoms with van der Waals surface area (Å²) in [7, 11) is 0. The number of nitrogens with zero attached hydrogens (tertiary/aromatic N) is 1. The summed E-state index contributed by atoms with van der Waals surface area (Å²) >= 11 is 0. The fourth-order valence-corrected chi connectivity index (χ4v) is 6.11. The minimum Gasteiger partial charge on any atom is -0.487 e. The fourth-order valence-electron chi connectivity index (χ4n) is 6.11. The molecular formula is C20H28ClNO. The zero-order valence-corrected chi connectivity index (χ0v) is 14.7. The minimum absolute atomic E-state index is 0. The SMILES string of the molecule is Cl.c1cc(N2CCCC2)ccc1OC12CC3CC(CC(C3)C1)C2. The highest BCUT2D eigenvalue weighted by molar-refractivity contribution is 5.85. The number of ether oxygens (including phenoxy) is 1. The average molecular weight is 334 g/mol. The normalized spacial score (nSPS) is 37.7. The Morgan fingerprint density at radius 3 is 1.87 bits per heavy atom. The van der Waals surface area contributed by atoms with Gasteiger partial charge in [-0.05, 0) is 93.4 Å². The van der Waals surface area contributed by atoms with E-state index in [4.69, 9.17) is 4.74 Å². The summed E-state index contributed by atoms with van der Waals surface area (Å²) in [6.45, 7) is 2.43. The van der Waals surface area contributed by atoms with Crippen LogP contribution in [0.3, 0.4) is 0 Å². The van der Waals surface area contributed by atoms with E-state index in [1.54, 1.807) is 0 Å². The van der Waals surface area contributed by atoms with Crippen LogP contribution < -0.4 is 9.64 Å². The van der Waals surface area contributed by atoms with Crippen LogP contribution in [0.25, 0.3) is 0 Å². The molecule has 0 spiro atoms. The lowest BCUT2D eigenvalue weighted by molar-refractivity contribution is -0.107. The maximum Gasteiger partial charge on any atom is 0.120 e. The van der Waals surface area contributed by atoms with Gasteiger partial charge in [0.1, 0.15) is 11.4 Å². The summed E-state index contributed by atoms with van der Waals surface area (Å²) in [4.78, 5) is 2.49. The lowest BCUT2D eigenvalue weighted by Gasteiger charge is -2.56. The molecule has 4 saturated carbocycles. The van der Waals surface area contributed by atoms with Crippen LogP contribution in [0, 0.1) is 17.8 Å². The first-order valence-electron chi connectivity index (χ1n) is 9.32. The first kappa shape index (κ1) is 15.6. The van der Waals surface area contributed by atoms with Gasteiger partial charge in [-0.1, -0.05) is 0 Å². The summed E-state index contributed by atoms with van der Waals surface area (Å²) < 4.78 is 6.61. The van der Waals surface area contributed by atoms with E-state index in [2.05, 4.69) is 29.2 Å². The molecule has 0 N–H and O–H groups in total. The highest BCUT2D eigenvalue weighted by atomic mass is 35.5. The molecule has 126 valence electrons. The largest absolute Gasteiger partial charge is 0.487 e. The molecule has 3 heteroatoms. The molecule has 1 aromatic carbocycles. The van der Waals surface area contributed by atoms with Gasteiger partial charge in [-0.15, -0.1) is 12.4 Å². The van der Waals surface area contributed by atoms with Crippen molar-refractivity contribution >= 4 is 18.1 Å². The summed E-state index contributed by atoms with van der Waals surface area (Å²) in [6, 6.07) is 8.96. The zero-order chi connectivity index (χ0) is 14.6. The van der Waals surface area contributed by atoms with E-state index < -0.39 is 0 Å². The van der Waals surface area contributed by atoms with E-state index in [9.17, 15) is 0 Å². The second-order valence-corrected chi connectivity index (χ2v) is 8.39. The van der Waals surface area contributed by atoms with E-state index in [1.165, 1.54) is 70.1 Å². The summed E-state index contributed by atoms with van der Waals surface area (Å²) in [5.41, 5.74) is 1.56. The third kappa shape index (κ3) is 2.84. The lowest BCUT2D eigenvalue weighted by atomic mass is 9.54. The van der Waals surface area contributed by atoms with Gasteiger partial charge in [-0.25, -0.2) is 0 Å². The van der Waals surface area contributed by atoms with Crippen molar-refractivity contribution < 1.29 is 4.74 Å². The molecule has 0 radical (unpaired) electrons. The van der Waals surface area contributed by atoms with Crippen molar-refractivity contribution in [3.63, 3.8) is 0 Å². The Hall–Kier alpha value is -0.890. The highest BCUT2D eigenvalue weighted by Gasteiger charge is 2.52. The number of rotatable bonds is 3. The molecule has 4 bridgehead atoms. The molecule has 5 aliphatic rings. The van der Waals surface area contributed by atoms with Gasteiger partial charge in [0.15, 0.2) is 0 Å². The van der Waals surface area contributed by atoms with E-state index in [1.807, 2.05) is 0 Å². The van der Waals surface area contributed by atoms with Crippen LogP contribution in [0.2, 0.25) is 0 Å². The molecule has 4 aliphatic carbocycles. The minimum atomic E-state index is 0. The average Bonchev–Trinajstić information content (AvgIpc) is 3.00. The van der Waals surface area contributed by atoms with E-state index >= 15 is 0 Å².